The van der Waals surface area contributed by atoms with Crippen LogP contribution in [-0.2, 0) is 19.1 Å². The Bertz CT molecular complexity index is 429. The number of Topliss-reactive ketones (excluding diaryl/α,β-unsaturated/α-hetero) is 1. The van der Waals surface area contributed by atoms with E-state index in [1.807, 2.05) is 0 Å². The Hall–Kier alpha value is -1.95. The molecule has 1 aliphatic carbocycles. The van der Waals surface area contributed by atoms with Gasteiger partial charge >= 0.3 is 5.97 Å². The van der Waals surface area contributed by atoms with Crippen LogP contribution in [0.25, 0.3) is 0 Å². The number of methoxy groups -OCH3 is 1. The molecule has 0 aromatic carbocycles. The van der Waals surface area contributed by atoms with E-state index in [1.54, 1.807) is 0 Å². The van der Waals surface area contributed by atoms with Crippen LogP contribution in [0, 0.1) is 0 Å². The van der Waals surface area contributed by atoms with E-state index in [4.69, 9.17) is 5.11 Å². The third-order valence-electron chi connectivity index (χ3n) is 2.22. The van der Waals surface area contributed by atoms with Crippen molar-refractivity contribution in [3.8, 4) is 0 Å². The van der Waals surface area contributed by atoms with Gasteiger partial charge in [0.2, 0.25) is 11.6 Å². The highest BCUT2D eigenvalue weighted by Crippen LogP contribution is 2.23. The normalized spacial score (nSPS) is 18.5. The van der Waals surface area contributed by atoms with Crippen molar-refractivity contribution in [2.45, 2.75) is 13.0 Å². The van der Waals surface area contributed by atoms with Crippen LogP contribution >= 0.6 is 0 Å². The first-order chi connectivity index (χ1) is 7.40. The smallest absolute Gasteiger partial charge is 0.337 e. The van der Waals surface area contributed by atoms with Gasteiger partial charge in [0.05, 0.1) is 0 Å². The third kappa shape index (κ3) is 1.87. The van der Waals surface area contributed by atoms with Crippen LogP contribution in [0.15, 0.2) is 23.0 Å². The lowest BCUT2D eigenvalue weighted by Gasteiger charge is -2.18. The molecular formula is C10H10O6. The maximum absolute atomic E-state index is 11.2. The molecule has 16 heavy (non-hydrogen) atoms. The molecule has 0 radical (unpaired) electrons. The number of hydrogen-bond acceptors (Lipinski definition) is 5. The summed E-state index contributed by atoms with van der Waals surface area (Å²) < 4.78 is 4.63. The second-order valence-corrected chi connectivity index (χ2v) is 3.22. The van der Waals surface area contributed by atoms with Crippen molar-refractivity contribution in [1.29, 1.82) is 0 Å². The highest BCUT2D eigenvalue weighted by molar-refractivity contribution is 6.48. The summed E-state index contributed by atoms with van der Waals surface area (Å²) in [6.45, 7) is 1.25. The van der Waals surface area contributed by atoms with E-state index in [1.165, 1.54) is 6.92 Å². The van der Waals surface area contributed by atoms with E-state index < -0.39 is 29.4 Å². The van der Waals surface area contributed by atoms with Gasteiger partial charge in [-0.15, -0.1) is 0 Å². The summed E-state index contributed by atoms with van der Waals surface area (Å²) in [5.74, 6) is -3.58. The van der Waals surface area contributed by atoms with E-state index in [9.17, 15) is 19.5 Å². The number of aliphatic hydroxyl groups is 1. The number of ketones is 2. The highest BCUT2D eigenvalue weighted by atomic mass is 16.5. The number of carbonyl (C=O) groups is 3. The summed E-state index contributed by atoms with van der Waals surface area (Å²) in [5.41, 5.74) is -0.386. The first-order valence-corrected chi connectivity index (χ1v) is 4.36. The highest BCUT2D eigenvalue weighted by Gasteiger charge is 2.33. The van der Waals surface area contributed by atoms with E-state index in [2.05, 4.69) is 4.74 Å². The van der Waals surface area contributed by atoms with Crippen LogP contribution in [0.2, 0.25) is 0 Å². The van der Waals surface area contributed by atoms with Gasteiger partial charge in [-0.3, -0.25) is 9.59 Å². The standard InChI is InChI=1S/C10H10O6/c1-4-7(12)5(3-6(11)8(4)13)9(16-2)10(14)15/h3,9,12H,1-2H3,(H,14,15)/t9-/m1/s1. The molecule has 0 spiro atoms. The average Bonchev–Trinajstić information content (AvgIpc) is 2.23. The first kappa shape index (κ1) is 12.1. The van der Waals surface area contributed by atoms with Crippen molar-refractivity contribution >= 4 is 17.5 Å². The Morgan fingerprint density at radius 1 is 1.44 bits per heavy atom. The molecule has 0 saturated heterocycles. The molecule has 2 N–H and O–H groups in total. The van der Waals surface area contributed by atoms with Gasteiger partial charge in [-0.2, -0.15) is 0 Å². The Morgan fingerprint density at radius 3 is 2.44 bits per heavy atom. The minimum Gasteiger partial charge on any atom is -0.507 e. The molecule has 0 unspecified atom stereocenters. The number of carboxylic acid groups (broad SMARTS) is 1. The molecule has 6 heteroatoms. The molecule has 0 bridgehead atoms. The number of aliphatic hydroxyl groups excluding tert-OH is 1. The summed E-state index contributed by atoms with van der Waals surface area (Å²) in [4.78, 5) is 33.1. The summed E-state index contributed by atoms with van der Waals surface area (Å²) in [6.07, 6.45) is -0.681. The molecule has 0 aromatic heterocycles. The molecule has 6 nitrogen and oxygen atoms in total. The lowest BCUT2D eigenvalue weighted by Crippen LogP contribution is -2.31. The first-order valence-electron chi connectivity index (χ1n) is 4.36. The third-order valence-corrected chi connectivity index (χ3v) is 2.22. The molecule has 0 aliphatic heterocycles. The second kappa shape index (κ2) is 4.28. The quantitative estimate of drug-likeness (QED) is 0.518. The average molecular weight is 226 g/mol. The van der Waals surface area contributed by atoms with Gasteiger partial charge in [-0.1, -0.05) is 0 Å². The molecule has 0 fully saturated rings. The van der Waals surface area contributed by atoms with E-state index in [0.717, 1.165) is 13.2 Å². The van der Waals surface area contributed by atoms with Gasteiger partial charge in [0.15, 0.2) is 6.10 Å². The van der Waals surface area contributed by atoms with Crippen molar-refractivity contribution in [3.05, 3.63) is 23.0 Å². The van der Waals surface area contributed by atoms with E-state index in [-0.39, 0.29) is 11.1 Å². The minimum absolute atomic E-state index is 0.175. The van der Waals surface area contributed by atoms with Gasteiger partial charge < -0.3 is 14.9 Å². The van der Waals surface area contributed by atoms with E-state index >= 15 is 0 Å². The zero-order valence-corrected chi connectivity index (χ0v) is 8.68. The van der Waals surface area contributed by atoms with Crippen LogP contribution < -0.4 is 0 Å². The topological polar surface area (TPSA) is 101 Å². The predicted molar refractivity (Wildman–Crippen MR) is 51.9 cm³/mol. The second-order valence-electron chi connectivity index (χ2n) is 3.22. The Labute approximate surface area is 90.8 Å². The van der Waals surface area contributed by atoms with Crippen molar-refractivity contribution in [2.75, 3.05) is 7.11 Å². The predicted octanol–water partition coefficient (Wildman–Crippen LogP) is -0.00380. The molecular weight excluding hydrogens is 216 g/mol. The molecule has 1 rings (SSSR count). The molecule has 86 valence electrons. The van der Waals surface area contributed by atoms with Crippen molar-refractivity contribution in [1.82, 2.24) is 0 Å². The minimum atomic E-state index is -1.47. The van der Waals surface area contributed by atoms with Gasteiger partial charge in [0.25, 0.3) is 0 Å². The molecule has 1 atom stereocenters. The van der Waals surface area contributed by atoms with Crippen molar-refractivity contribution in [3.63, 3.8) is 0 Å². The van der Waals surface area contributed by atoms with Crippen LogP contribution in [0.4, 0.5) is 0 Å². The number of allylic oxidation sites excluding steroid dienone is 2. The number of carboxylic acids is 1. The molecule has 1 aliphatic rings. The zero-order valence-electron chi connectivity index (χ0n) is 8.68. The summed E-state index contributed by atoms with van der Waals surface area (Å²) in [7, 11) is 1.13. The fourth-order valence-corrected chi connectivity index (χ4v) is 1.34. The fraction of sp³-hybridized carbons (Fsp3) is 0.300. The van der Waals surface area contributed by atoms with Crippen LogP contribution in [0.3, 0.4) is 0 Å². The van der Waals surface area contributed by atoms with Gasteiger partial charge in [-0.05, 0) is 13.0 Å². The largest absolute Gasteiger partial charge is 0.507 e. The molecule has 0 heterocycles. The number of hydrogen-bond donors (Lipinski definition) is 2. The maximum Gasteiger partial charge on any atom is 0.337 e. The Morgan fingerprint density at radius 2 is 2.00 bits per heavy atom. The summed E-state index contributed by atoms with van der Waals surface area (Å²) >= 11 is 0. The Kier molecular flexibility index (Phi) is 3.24. The fourth-order valence-electron chi connectivity index (χ4n) is 1.34. The van der Waals surface area contributed by atoms with Crippen LogP contribution in [-0.4, -0.2) is 41.0 Å². The number of ether oxygens (including phenoxy) is 1. The van der Waals surface area contributed by atoms with Crippen molar-refractivity contribution < 1.29 is 29.3 Å². The number of carbonyl (C=O) groups excluding carboxylic acids is 2. The SMILES string of the molecule is CO[C@@H](C(=O)O)C1=CC(=O)C(=O)C(C)=C1O. The van der Waals surface area contributed by atoms with Crippen LogP contribution in [0.1, 0.15) is 6.92 Å². The van der Waals surface area contributed by atoms with E-state index in [0.29, 0.717) is 0 Å². The van der Waals surface area contributed by atoms with Gasteiger partial charge in [0, 0.05) is 18.3 Å². The molecule has 0 saturated carbocycles. The van der Waals surface area contributed by atoms with Crippen LogP contribution in [0.5, 0.6) is 0 Å². The number of rotatable bonds is 3. The van der Waals surface area contributed by atoms with Gasteiger partial charge in [-0.25, -0.2) is 4.79 Å². The molecule has 0 aromatic rings. The monoisotopic (exact) mass is 226 g/mol. The summed E-state index contributed by atoms with van der Waals surface area (Å²) in [5, 5.41) is 18.4. The Balaban J connectivity index is 3.24. The molecule has 0 amide bonds. The summed E-state index contributed by atoms with van der Waals surface area (Å²) in [6, 6.07) is 0. The lowest BCUT2D eigenvalue weighted by atomic mass is 9.93. The lowest BCUT2D eigenvalue weighted by molar-refractivity contribution is -0.146. The van der Waals surface area contributed by atoms with Gasteiger partial charge in [0.1, 0.15) is 5.76 Å². The zero-order chi connectivity index (χ0) is 12.5. The van der Waals surface area contributed by atoms with Crippen molar-refractivity contribution in [2.24, 2.45) is 0 Å². The maximum atomic E-state index is 11.2. The number of aliphatic carboxylic acids is 1.